The van der Waals surface area contributed by atoms with Crippen LogP contribution < -0.4 is 5.73 Å². The fourth-order valence-corrected chi connectivity index (χ4v) is 1.37. The van der Waals surface area contributed by atoms with Gasteiger partial charge < -0.3 is 10.2 Å². The van der Waals surface area contributed by atoms with Crippen LogP contribution in [-0.2, 0) is 0 Å². The van der Waals surface area contributed by atoms with E-state index in [1.807, 2.05) is 0 Å². The molecule has 0 saturated carbocycles. The van der Waals surface area contributed by atoms with Crippen molar-refractivity contribution in [2.45, 2.75) is 6.04 Å². The number of rotatable bonds is 2. The van der Waals surface area contributed by atoms with Crippen LogP contribution in [0.25, 0.3) is 0 Å². The zero-order valence-corrected chi connectivity index (χ0v) is 8.41. The Morgan fingerprint density at radius 3 is 2.87 bits per heavy atom. The van der Waals surface area contributed by atoms with Crippen molar-refractivity contribution >= 4 is 11.6 Å². The normalized spacial score (nSPS) is 12.7. The van der Waals surface area contributed by atoms with E-state index in [0.717, 1.165) is 0 Å². The third-order valence-corrected chi connectivity index (χ3v) is 2.37. The van der Waals surface area contributed by atoms with E-state index in [1.165, 1.54) is 24.7 Å². The second kappa shape index (κ2) is 4.00. The van der Waals surface area contributed by atoms with Gasteiger partial charge in [0.2, 0.25) is 0 Å². The number of nitrogens with two attached hydrogens (primary N) is 1. The minimum atomic E-state index is -0.528. The maximum Gasteiger partial charge on any atom is 0.180 e. The maximum absolute atomic E-state index is 13.1. The molecule has 0 unspecified atom stereocenters. The van der Waals surface area contributed by atoms with Crippen molar-refractivity contribution in [2.24, 2.45) is 5.73 Å². The molecule has 1 heterocycles. The van der Waals surface area contributed by atoms with Crippen molar-refractivity contribution in [3.05, 3.63) is 53.0 Å². The molecule has 1 atom stereocenters. The molecule has 1 aromatic heterocycles. The van der Waals surface area contributed by atoms with E-state index >= 15 is 0 Å². The first-order chi connectivity index (χ1) is 7.18. The highest BCUT2D eigenvalue weighted by Crippen LogP contribution is 2.23. The van der Waals surface area contributed by atoms with Gasteiger partial charge in [0.05, 0.1) is 17.3 Å². The summed E-state index contributed by atoms with van der Waals surface area (Å²) in [5.41, 5.74) is 6.43. The molecule has 0 aliphatic carbocycles. The third-order valence-electron chi connectivity index (χ3n) is 2.06. The second-order valence-corrected chi connectivity index (χ2v) is 3.46. The lowest BCUT2D eigenvalue weighted by molar-refractivity contribution is 0.484. The summed E-state index contributed by atoms with van der Waals surface area (Å²) in [5.74, 6) is -0.0131. The van der Waals surface area contributed by atoms with Gasteiger partial charge in [-0.25, -0.2) is 9.37 Å². The number of halogens is 2. The van der Waals surface area contributed by atoms with Gasteiger partial charge in [0.15, 0.2) is 6.39 Å². The van der Waals surface area contributed by atoms with Crippen LogP contribution >= 0.6 is 11.6 Å². The topological polar surface area (TPSA) is 52.0 Å². The van der Waals surface area contributed by atoms with Gasteiger partial charge in [-0.1, -0.05) is 17.7 Å². The minimum absolute atomic E-state index is 0.0727. The van der Waals surface area contributed by atoms with E-state index in [4.69, 9.17) is 21.8 Å². The first kappa shape index (κ1) is 10.1. The summed E-state index contributed by atoms with van der Waals surface area (Å²) < 4.78 is 18.2. The Morgan fingerprint density at radius 2 is 2.27 bits per heavy atom. The van der Waals surface area contributed by atoms with Crippen molar-refractivity contribution in [3.63, 3.8) is 0 Å². The SMILES string of the molecule is N[C@@H](c1ccc(Cl)c(F)c1)c1cnco1. The molecule has 0 spiro atoms. The monoisotopic (exact) mass is 226 g/mol. The highest BCUT2D eigenvalue weighted by Gasteiger charge is 2.13. The fraction of sp³-hybridized carbons (Fsp3) is 0.100. The molecule has 0 bridgehead atoms. The Bertz CT molecular complexity index is 458. The largest absolute Gasteiger partial charge is 0.446 e. The van der Waals surface area contributed by atoms with Gasteiger partial charge in [0.1, 0.15) is 11.6 Å². The van der Waals surface area contributed by atoms with Crippen molar-refractivity contribution in [2.75, 3.05) is 0 Å². The molecule has 0 aliphatic rings. The first-order valence-electron chi connectivity index (χ1n) is 4.27. The molecule has 1 aromatic carbocycles. The van der Waals surface area contributed by atoms with Gasteiger partial charge >= 0.3 is 0 Å². The van der Waals surface area contributed by atoms with Crippen LogP contribution in [0.4, 0.5) is 4.39 Å². The fourth-order valence-electron chi connectivity index (χ4n) is 1.25. The van der Waals surface area contributed by atoms with Gasteiger partial charge in [0.25, 0.3) is 0 Å². The van der Waals surface area contributed by atoms with Crippen molar-refractivity contribution in [1.29, 1.82) is 0 Å². The first-order valence-corrected chi connectivity index (χ1v) is 4.65. The van der Waals surface area contributed by atoms with Crippen LogP contribution in [-0.4, -0.2) is 4.98 Å². The summed E-state index contributed by atoms with van der Waals surface area (Å²) >= 11 is 5.56. The molecular weight excluding hydrogens is 219 g/mol. The molecular formula is C10H8ClFN2O. The van der Waals surface area contributed by atoms with Crippen LogP contribution in [0.3, 0.4) is 0 Å². The van der Waals surface area contributed by atoms with Gasteiger partial charge in [-0.2, -0.15) is 0 Å². The summed E-state index contributed by atoms with van der Waals surface area (Å²) in [6.07, 6.45) is 2.78. The van der Waals surface area contributed by atoms with Crippen LogP contribution in [0, 0.1) is 5.82 Å². The average molecular weight is 227 g/mol. The summed E-state index contributed by atoms with van der Waals surface area (Å²) in [4.78, 5) is 3.74. The molecule has 0 aliphatic heterocycles. The Morgan fingerprint density at radius 1 is 1.47 bits per heavy atom. The van der Waals surface area contributed by atoms with Crippen molar-refractivity contribution < 1.29 is 8.81 Å². The number of aromatic nitrogens is 1. The summed E-state index contributed by atoms with van der Waals surface area (Å²) in [7, 11) is 0. The number of benzene rings is 1. The van der Waals surface area contributed by atoms with Crippen LogP contribution in [0.1, 0.15) is 17.4 Å². The van der Waals surface area contributed by atoms with E-state index in [9.17, 15) is 4.39 Å². The lowest BCUT2D eigenvalue weighted by atomic mass is 10.1. The molecule has 0 amide bonds. The smallest absolute Gasteiger partial charge is 0.180 e. The van der Waals surface area contributed by atoms with Gasteiger partial charge in [0, 0.05) is 0 Å². The lowest BCUT2D eigenvalue weighted by Crippen LogP contribution is -2.11. The van der Waals surface area contributed by atoms with Crippen LogP contribution in [0.5, 0.6) is 0 Å². The average Bonchev–Trinajstić information content (AvgIpc) is 2.74. The van der Waals surface area contributed by atoms with Crippen LogP contribution in [0.2, 0.25) is 5.02 Å². The highest BCUT2D eigenvalue weighted by atomic mass is 35.5. The highest BCUT2D eigenvalue weighted by molar-refractivity contribution is 6.30. The second-order valence-electron chi connectivity index (χ2n) is 3.06. The van der Waals surface area contributed by atoms with E-state index < -0.39 is 11.9 Å². The minimum Gasteiger partial charge on any atom is -0.446 e. The third kappa shape index (κ3) is 2.00. The van der Waals surface area contributed by atoms with Crippen molar-refractivity contribution in [1.82, 2.24) is 4.98 Å². The molecule has 78 valence electrons. The molecule has 2 N–H and O–H groups in total. The Kier molecular flexibility index (Phi) is 2.70. The Labute approximate surface area is 90.7 Å². The van der Waals surface area contributed by atoms with E-state index in [2.05, 4.69) is 4.98 Å². The van der Waals surface area contributed by atoms with Gasteiger partial charge in [-0.3, -0.25) is 0 Å². The molecule has 3 nitrogen and oxygen atoms in total. The quantitative estimate of drug-likeness (QED) is 0.856. The summed E-state index contributed by atoms with van der Waals surface area (Å²) in [6, 6.07) is 3.87. The summed E-state index contributed by atoms with van der Waals surface area (Å²) in [5, 5.41) is 0.0727. The molecule has 0 fully saturated rings. The predicted octanol–water partition coefficient (Wildman–Crippen LogP) is 2.52. The van der Waals surface area contributed by atoms with E-state index in [0.29, 0.717) is 11.3 Å². The number of hydrogen-bond acceptors (Lipinski definition) is 3. The molecule has 0 radical (unpaired) electrons. The standard InChI is InChI=1S/C10H8ClFN2O/c11-7-2-1-6(3-8(7)12)10(13)9-4-14-5-15-9/h1-5,10H,13H2/t10-/m0/s1. The van der Waals surface area contributed by atoms with Gasteiger partial charge in [-0.15, -0.1) is 0 Å². The lowest BCUT2D eigenvalue weighted by Gasteiger charge is -2.08. The van der Waals surface area contributed by atoms with E-state index in [1.54, 1.807) is 6.07 Å². The molecule has 2 aromatic rings. The van der Waals surface area contributed by atoms with Crippen molar-refractivity contribution in [3.8, 4) is 0 Å². The molecule has 2 rings (SSSR count). The summed E-state index contributed by atoms with van der Waals surface area (Å²) in [6.45, 7) is 0. The van der Waals surface area contributed by atoms with Crippen LogP contribution in [0.15, 0.2) is 35.2 Å². The maximum atomic E-state index is 13.1. The Balaban J connectivity index is 2.34. The molecule has 5 heteroatoms. The molecule has 0 saturated heterocycles. The number of oxazole rings is 1. The number of hydrogen-bond donors (Lipinski definition) is 1. The zero-order valence-electron chi connectivity index (χ0n) is 7.65. The Hall–Kier alpha value is -1.39. The number of nitrogens with zero attached hydrogens (tertiary/aromatic N) is 1. The van der Waals surface area contributed by atoms with E-state index in [-0.39, 0.29) is 5.02 Å². The predicted molar refractivity (Wildman–Crippen MR) is 53.9 cm³/mol. The zero-order chi connectivity index (χ0) is 10.8. The van der Waals surface area contributed by atoms with Gasteiger partial charge in [-0.05, 0) is 17.7 Å². The molecule has 15 heavy (non-hydrogen) atoms.